The van der Waals surface area contributed by atoms with Crippen molar-refractivity contribution in [1.82, 2.24) is 19.6 Å². The number of benzene rings is 1. The molecule has 3 fully saturated rings. The molecule has 0 radical (unpaired) electrons. The Labute approximate surface area is 184 Å². The number of thioether (sulfide) groups is 1. The van der Waals surface area contributed by atoms with Crippen LogP contribution in [0, 0.1) is 0 Å². The molecule has 4 rings (SSSR count). The molecule has 0 unspecified atom stereocenters. The Balaban J connectivity index is 1.35. The molecule has 30 heavy (non-hydrogen) atoms. The molecule has 0 aromatic heterocycles. The van der Waals surface area contributed by atoms with Crippen molar-refractivity contribution < 1.29 is 9.59 Å². The van der Waals surface area contributed by atoms with Crippen LogP contribution in [0.3, 0.4) is 0 Å². The van der Waals surface area contributed by atoms with Gasteiger partial charge in [0, 0.05) is 63.9 Å². The summed E-state index contributed by atoms with van der Waals surface area (Å²) in [5.41, 5.74) is 1.09. The summed E-state index contributed by atoms with van der Waals surface area (Å²) in [6, 6.07) is 10.0. The summed E-state index contributed by atoms with van der Waals surface area (Å²) in [6.07, 6.45) is 3.50. The third-order valence-corrected chi connectivity index (χ3v) is 7.45. The number of amides is 2. The van der Waals surface area contributed by atoms with Crippen molar-refractivity contribution in [3.8, 4) is 0 Å². The highest BCUT2D eigenvalue weighted by atomic mass is 32.2. The summed E-state index contributed by atoms with van der Waals surface area (Å²) in [5.74, 6) is 2.64. The lowest BCUT2D eigenvalue weighted by Gasteiger charge is -2.40. The van der Waals surface area contributed by atoms with Gasteiger partial charge in [-0.05, 0) is 24.8 Å². The summed E-state index contributed by atoms with van der Waals surface area (Å²) >= 11 is 1.97. The Bertz CT molecular complexity index is 696. The molecular formula is C23H34N4O2S. The molecule has 2 amide bonds. The van der Waals surface area contributed by atoms with E-state index in [4.69, 9.17) is 0 Å². The van der Waals surface area contributed by atoms with E-state index in [1.165, 1.54) is 6.42 Å². The molecule has 0 bridgehead atoms. The number of rotatable bonds is 5. The van der Waals surface area contributed by atoms with E-state index in [-0.39, 0.29) is 17.9 Å². The summed E-state index contributed by atoms with van der Waals surface area (Å²) in [5, 5.41) is 0. The molecule has 0 spiro atoms. The Morgan fingerprint density at radius 1 is 0.800 bits per heavy atom. The van der Waals surface area contributed by atoms with Crippen LogP contribution in [-0.2, 0) is 9.59 Å². The van der Waals surface area contributed by atoms with Gasteiger partial charge in [-0.3, -0.25) is 19.4 Å². The summed E-state index contributed by atoms with van der Waals surface area (Å²) < 4.78 is 0. The predicted molar refractivity (Wildman–Crippen MR) is 122 cm³/mol. The van der Waals surface area contributed by atoms with Crippen molar-refractivity contribution in [3.05, 3.63) is 35.9 Å². The summed E-state index contributed by atoms with van der Waals surface area (Å²) in [6.45, 7) is 7.20. The Hall–Kier alpha value is -1.57. The van der Waals surface area contributed by atoms with Gasteiger partial charge in [-0.15, -0.1) is 0 Å². The molecule has 164 valence electrons. The number of hydrogen-bond acceptors (Lipinski definition) is 5. The molecule has 6 nitrogen and oxygen atoms in total. The second kappa shape index (κ2) is 10.6. The van der Waals surface area contributed by atoms with E-state index in [1.54, 1.807) is 0 Å². The SMILES string of the molecule is O=C(CN1CCN(C(=O)[C@@H](c2ccccc2)N2CCSCC2)CC1)N1CCCCC1. The number of piperidine rings is 1. The van der Waals surface area contributed by atoms with Gasteiger partial charge in [0.1, 0.15) is 6.04 Å². The first kappa shape index (κ1) is 21.7. The van der Waals surface area contributed by atoms with Gasteiger partial charge in [0.2, 0.25) is 11.8 Å². The quantitative estimate of drug-likeness (QED) is 0.715. The third-order valence-electron chi connectivity index (χ3n) is 6.51. The molecule has 3 saturated heterocycles. The molecule has 3 aliphatic rings. The van der Waals surface area contributed by atoms with Crippen molar-refractivity contribution in [3.63, 3.8) is 0 Å². The van der Waals surface area contributed by atoms with Crippen molar-refractivity contribution in [2.75, 3.05) is 70.4 Å². The van der Waals surface area contributed by atoms with E-state index in [0.29, 0.717) is 19.6 Å². The Morgan fingerprint density at radius 2 is 1.47 bits per heavy atom. The summed E-state index contributed by atoms with van der Waals surface area (Å²) in [7, 11) is 0. The first-order valence-corrected chi connectivity index (χ1v) is 12.5. The van der Waals surface area contributed by atoms with E-state index < -0.39 is 0 Å². The second-order valence-corrected chi connectivity index (χ2v) is 9.73. The van der Waals surface area contributed by atoms with Gasteiger partial charge in [0.15, 0.2) is 0 Å². The minimum Gasteiger partial charge on any atom is -0.342 e. The third kappa shape index (κ3) is 5.37. The fraction of sp³-hybridized carbons (Fsp3) is 0.652. The largest absolute Gasteiger partial charge is 0.342 e. The van der Waals surface area contributed by atoms with Crippen molar-refractivity contribution in [2.45, 2.75) is 25.3 Å². The van der Waals surface area contributed by atoms with Gasteiger partial charge in [-0.2, -0.15) is 11.8 Å². The van der Waals surface area contributed by atoms with Crippen molar-refractivity contribution >= 4 is 23.6 Å². The van der Waals surface area contributed by atoms with Gasteiger partial charge in [0.05, 0.1) is 6.54 Å². The smallest absolute Gasteiger partial charge is 0.244 e. The fourth-order valence-corrected chi connectivity index (χ4v) is 5.65. The van der Waals surface area contributed by atoms with Crippen LogP contribution in [0.2, 0.25) is 0 Å². The maximum absolute atomic E-state index is 13.6. The highest BCUT2D eigenvalue weighted by molar-refractivity contribution is 7.99. The number of carbonyl (C=O) groups excluding carboxylic acids is 2. The Morgan fingerprint density at radius 3 is 2.13 bits per heavy atom. The maximum Gasteiger partial charge on any atom is 0.244 e. The van der Waals surface area contributed by atoms with Crippen molar-refractivity contribution in [1.29, 1.82) is 0 Å². The van der Waals surface area contributed by atoms with Crippen LogP contribution in [0.4, 0.5) is 0 Å². The first-order chi connectivity index (χ1) is 14.7. The zero-order valence-corrected chi connectivity index (χ0v) is 18.7. The van der Waals surface area contributed by atoms with Gasteiger partial charge in [0.25, 0.3) is 0 Å². The number of likely N-dealkylation sites (tertiary alicyclic amines) is 1. The maximum atomic E-state index is 13.6. The average molecular weight is 431 g/mol. The van der Waals surface area contributed by atoms with E-state index in [1.807, 2.05) is 39.8 Å². The first-order valence-electron chi connectivity index (χ1n) is 11.4. The zero-order chi connectivity index (χ0) is 20.8. The molecule has 1 atom stereocenters. The molecule has 3 heterocycles. The van der Waals surface area contributed by atoms with Gasteiger partial charge < -0.3 is 9.80 Å². The van der Waals surface area contributed by atoms with Gasteiger partial charge in [-0.25, -0.2) is 0 Å². The second-order valence-electron chi connectivity index (χ2n) is 8.50. The Kier molecular flexibility index (Phi) is 7.68. The lowest BCUT2D eigenvalue weighted by atomic mass is 10.0. The normalized spacial score (nSPS) is 22.7. The number of hydrogen-bond donors (Lipinski definition) is 0. The van der Waals surface area contributed by atoms with E-state index >= 15 is 0 Å². The number of piperazine rings is 1. The minimum absolute atomic E-state index is 0.186. The van der Waals surface area contributed by atoms with Crippen molar-refractivity contribution in [2.24, 2.45) is 0 Å². The van der Waals surface area contributed by atoms with Crippen LogP contribution >= 0.6 is 11.8 Å². The summed E-state index contributed by atoms with van der Waals surface area (Å²) in [4.78, 5) is 34.7. The van der Waals surface area contributed by atoms with Crippen LogP contribution < -0.4 is 0 Å². The molecule has 1 aromatic carbocycles. The van der Waals surface area contributed by atoms with Crippen LogP contribution in [0.1, 0.15) is 30.9 Å². The lowest BCUT2D eigenvalue weighted by Crippen LogP contribution is -2.54. The molecule has 0 N–H and O–H groups in total. The molecule has 3 aliphatic heterocycles. The van der Waals surface area contributed by atoms with Gasteiger partial charge >= 0.3 is 0 Å². The van der Waals surface area contributed by atoms with Crippen LogP contribution in [0.15, 0.2) is 30.3 Å². The van der Waals surface area contributed by atoms with Crippen LogP contribution in [-0.4, -0.2) is 102 Å². The molecule has 7 heteroatoms. The molecule has 0 aliphatic carbocycles. The molecule has 1 aromatic rings. The van der Waals surface area contributed by atoms with E-state index in [0.717, 1.165) is 69.2 Å². The standard InChI is InChI=1S/C23H34N4O2S/c28-21(25-9-5-2-6-10-25)19-24-11-13-27(14-12-24)23(29)22(20-7-3-1-4-8-20)26-15-17-30-18-16-26/h1,3-4,7-8,22H,2,5-6,9-19H2/t22-/m1/s1. The number of nitrogens with zero attached hydrogens (tertiary/aromatic N) is 4. The van der Waals surface area contributed by atoms with Crippen LogP contribution in [0.5, 0.6) is 0 Å². The highest BCUT2D eigenvalue weighted by Crippen LogP contribution is 2.27. The van der Waals surface area contributed by atoms with Crippen LogP contribution in [0.25, 0.3) is 0 Å². The number of carbonyl (C=O) groups is 2. The predicted octanol–water partition coefficient (Wildman–Crippen LogP) is 1.93. The topological polar surface area (TPSA) is 47.1 Å². The highest BCUT2D eigenvalue weighted by Gasteiger charge is 2.34. The van der Waals surface area contributed by atoms with E-state index in [2.05, 4.69) is 21.9 Å². The zero-order valence-electron chi connectivity index (χ0n) is 17.9. The molecular weight excluding hydrogens is 396 g/mol. The average Bonchev–Trinajstić information content (AvgIpc) is 2.81. The fourth-order valence-electron chi connectivity index (χ4n) is 4.71. The van der Waals surface area contributed by atoms with E-state index in [9.17, 15) is 9.59 Å². The lowest BCUT2D eigenvalue weighted by molar-refractivity contribution is -0.140. The monoisotopic (exact) mass is 430 g/mol. The minimum atomic E-state index is -0.186. The molecule has 0 saturated carbocycles. The van der Waals surface area contributed by atoms with Gasteiger partial charge in [-0.1, -0.05) is 30.3 Å².